The standard InChI is InChI=1S/C24H26F3N3O2S/c1-31-20-13-12-16(14-21(20)32-2)22-28-29-23(30(22)18-9-4-3-5-10-18)33-15-17-8-6-7-11-19(17)24(25,26)27/h6-8,11-14,18H,3-5,9-10,15H2,1-2H3. The van der Waals surface area contributed by atoms with Gasteiger partial charge in [0.05, 0.1) is 19.8 Å². The molecule has 0 saturated heterocycles. The summed E-state index contributed by atoms with van der Waals surface area (Å²) in [4.78, 5) is 0. The minimum absolute atomic E-state index is 0.159. The van der Waals surface area contributed by atoms with Crippen molar-refractivity contribution in [3.8, 4) is 22.9 Å². The molecule has 1 aliphatic rings. The van der Waals surface area contributed by atoms with Crippen LogP contribution < -0.4 is 9.47 Å². The molecule has 0 unspecified atom stereocenters. The van der Waals surface area contributed by atoms with Gasteiger partial charge in [0.15, 0.2) is 22.5 Å². The summed E-state index contributed by atoms with van der Waals surface area (Å²) >= 11 is 1.29. The van der Waals surface area contributed by atoms with Gasteiger partial charge in [-0.25, -0.2) is 0 Å². The Morgan fingerprint density at radius 1 is 0.970 bits per heavy atom. The molecule has 0 bridgehead atoms. The zero-order valence-corrected chi connectivity index (χ0v) is 19.4. The second-order valence-corrected chi connectivity index (χ2v) is 8.92. The van der Waals surface area contributed by atoms with E-state index in [1.807, 2.05) is 18.2 Å². The van der Waals surface area contributed by atoms with Crippen LogP contribution in [0.15, 0.2) is 47.6 Å². The molecular weight excluding hydrogens is 451 g/mol. The van der Waals surface area contributed by atoms with Crippen molar-refractivity contribution in [1.82, 2.24) is 14.8 Å². The lowest BCUT2D eigenvalue weighted by Gasteiger charge is -2.26. The Balaban J connectivity index is 1.69. The molecule has 1 heterocycles. The van der Waals surface area contributed by atoms with E-state index in [-0.39, 0.29) is 17.4 Å². The predicted molar refractivity (Wildman–Crippen MR) is 122 cm³/mol. The van der Waals surface area contributed by atoms with Crippen LogP contribution in [0.2, 0.25) is 0 Å². The van der Waals surface area contributed by atoms with Gasteiger partial charge in [-0.1, -0.05) is 49.2 Å². The normalized spacial score (nSPS) is 14.9. The van der Waals surface area contributed by atoms with Gasteiger partial charge in [0.2, 0.25) is 0 Å². The van der Waals surface area contributed by atoms with E-state index in [9.17, 15) is 13.2 Å². The van der Waals surface area contributed by atoms with E-state index in [1.54, 1.807) is 20.3 Å². The fourth-order valence-corrected chi connectivity index (χ4v) is 5.29. The molecule has 0 aliphatic heterocycles. The summed E-state index contributed by atoms with van der Waals surface area (Å²) in [6, 6.07) is 11.5. The zero-order valence-electron chi connectivity index (χ0n) is 18.6. The number of ether oxygens (including phenoxy) is 2. The minimum atomic E-state index is -4.39. The van der Waals surface area contributed by atoms with Gasteiger partial charge in [0.25, 0.3) is 0 Å². The molecule has 0 atom stereocenters. The average molecular weight is 478 g/mol. The summed E-state index contributed by atoms with van der Waals surface area (Å²) in [5.41, 5.74) is 0.454. The fraction of sp³-hybridized carbons (Fsp3) is 0.417. The highest BCUT2D eigenvalue weighted by atomic mass is 32.2. The van der Waals surface area contributed by atoms with Gasteiger partial charge >= 0.3 is 6.18 Å². The van der Waals surface area contributed by atoms with Crippen molar-refractivity contribution >= 4 is 11.8 Å². The molecule has 2 aromatic carbocycles. The molecule has 0 N–H and O–H groups in total. The predicted octanol–water partition coefficient (Wildman–Crippen LogP) is 6.78. The highest BCUT2D eigenvalue weighted by molar-refractivity contribution is 7.98. The molecule has 0 spiro atoms. The molecule has 3 aromatic rings. The van der Waals surface area contributed by atoms with Crippen molar-refractivity contribution in [1.29, 1.82) is 0 Å². The third-order valence-electron chi connectivity index (χ3n) is 5.93. The Hall–Kier alpha value is -2.68. The van der Waals surface area contributed by atoms with Gasteiger partial charge in [-0.3, -0.25) is 4.57 Å². The molecule has 1 fully saturated rings. The molecule has 1 aliphatic carbocycles. The number of thioether (sulfide) groups is 1. The van der Waals surface area contributed by atoms with E-state index in [2.05, 4.69) is 14.8 Å². The number of hydrogen-bond donors (Lipinski definition) is 0. The van der Waals surface area contributed by atoms with E-state index < -0.39 is 11.7 Å². The van der Waals surface area contributed by atoms with Crippen molar-refractivity contribution in [2.75, 3.05) is 14.2 Å². The van der Waals surface area contributed by atoms with Crippen LogP contribution in [0.1, 0.15) is 49.3 Å². The van der Waals surface area contributed by atoms with Crippen LogP contribution in [0, 0.1) is 0 Å². The monoisotopic (exact) mass is 477 g/mol. The smallest absolute Gasteiger partial charge is 0.416 e. The Bertz CT molecular complexity index is 1090. The number of nitrogens with zero attached hydrogens (tertiary/aromatic N) is 3. The second-order valence-electron chi connectivity index (χ2n) is 7.98. The van der Waals surface area contributed by atoms with Gasteiger partial charge in [0, 0.05) is 17.4 Å². The molecular formula is C24H26F3N3O2S. The van der Waals surface area contributed by atoms with Crippen molar-refractivity contribution in [3.63, 3.8) is 0 Å². The molecule has 1 aromatic heterocycles. The van der Waals surface area contributed by atoms with Crippen LogP contribution in [-0.4, -0.2) is 29.0 Å². The maximum absolute atomic E-state index is 13.4. The number of benzene rings is 2. The first-order chi connectivity index (χ1) is 15.9. The van der Waals surface area contributed by atoms with Gasteiger partial charge in [-0.2, -0.15) is 13.2 Å². The Morgan fingerprint density at radius 3 is 2.39 bits per heavy atom. The number of halogens is 3. The van der Waals surface area contributed by atoms with Crippen LogP contribution in [0.25, 0.3) is 11.4 Å². The quantitative estimate of drug-likeness (QED) is 0.351. The highest BCUT2D eigenvalue weighted by Gasteiger charge is 2.33. The largest absolute Gasteiger partial charge is 0.493 e. The highest BCUT2D eigenvalue weighted by Crippen LogP contribution is 2.40. The van der Waals surface area contributed by atoms with Crippen LogP contribution in [-0.2, 0) is 11.9 Å². The molecule has 176 valence electrons. The van der Waals surface area contributed by atoms with Gasteiger partial charge in [-0.05, 0) is 42.7 Å². The van der Waals surface area contributed by atoms with E-state index >= 15 is 0 Å². The fourth-order valence-electron chi connectivity index (χ4n) is 4.28. The van der Waals surface area contributed by atoms with Crippen molar-refractivity contribution in [3.05, 3.63) is 53.6 Å². The van der Waals surface area contributed by atoms with Crippen LogP contribution in [0.5, 0.6) is 11.5 Å². The van der Waals surface area contributed by atoms with E-state index in [4.69, 9.17) is 9.47 Å². The van der Waals surface area contributed by atoms with Gasteiger partial charge in [0.1, 0.15) is 0 Å². The first-order valence-corrected chi connectivity index (χ1v) is 11.9. The van der Waals surface area contributed by atoms with Crippen molar-refractivity contribution < 1.29 is 22.6 Å². The van der Waals surface area contributed by atoms with E-state index in [0.717, 1.165) is 37.3 Å². The SMILES string of the molecule is COc1ccc(-c2nnc(SCc3ccccc3C(F)(F)F)n2C2CCCCC2)cc1OC. The summed E-state index contributed by atoms with van der Waals surface area (Å²) in [6.07, 6.45) is 0.991. The molecule has 9 heteroatoms. The number of rotatable bonds is 7. The summed E-state index contributed by atoms with van der Waals surface area (Å²) in [5, 5.41) is 9.47. The van der Waals surface area contributed by atoms with Gasteiger partial charge in [-0.15, -0.1) is 10.2 Å². The average Bonchev–Trinajstić information content (AvgIpc) is 3.26. The Labute approximate surface area is 195 Å². The lowest BCUT2D eigenvalue weighted by molar-refractivity contribution is -0.138. The lowest BCUT2D eigenvalue weighted by Crippen LogP contribution is -2.15. The molecule has 4 rings (SSSR count). The van der Waals surface area contributed by atoms with Crippen molar-refractivity contribution in [2.45, 2.75) is 55.2 Å². The Morgan fingerprint density at radius 2 is 1.70 bits per heavy atom. The number of alkyl halides is 3. The summed E-state index contributed by atoms with van der Waals surface area (Å²) in [7, 11) is 3.16. The van der Waals surface area contributed by atoms with Crippen LogP contribution >= 0.6 is 11.8 Å². The van der Waals surface area contributed by atoms with Crippen molar-refractivity contribution in [2.24, 2.45) is 0 Å². The van der Waals surface area contributed by atoms with Crippen LogP contribution in [0.3, 0.4) is 0 Å². The zero-order chi connectivity index (χ0) is 23.4. The molecule has 0 radical (unpaired) electrons. The third-order valence-corrected chi connectivity index (χ3v) is 6.92. The van der Waals surface area contributed by atoms with Crippen LogP contribution in [0.4, 0.5) is 13.2 Å². The first-order valence-electron chi connectivity index (χ1n) is 10.9. The lowest BCUT2D eigenvalue weighted by atomic mass is 9.95. The second kappa shape index (κ2) is 10.1. The van der Waals surface area contributed by atoms with E-state index in [1.165, 1.54) is 30.3 Å². The molecule has 33 heavy (non-hydrogen) atoms. The summed E-state index contributed by atoms with van der Waals surface area (Å²) in [6.45, 7) is 0. The summed E-state index contributed by atoms with van der Waals surface area (Å²) in [5.74, 6) is 2.05. The molecule has 1 saturated carbocycles. The Kier molecular flexibility index (Phi) is 7.17. The topological polar surface area (TPSA) is 49.2 Å². The maximum atomic E-state index is 13.4. The first kappa shape index (κ1) is 23.5. The maximum Gasteiger partial charge on any atom is 0.416 e. The molecule has 5 nitrogen and oxygen atoms in total. The number of aromatic nitrogens is 3. The number of hydrogen-bond acceptors (Lipinski definition) is 5. The minimum Gasteiger partial charge on any atom is -0.493 e. The van der Waals surface area contributed by atoms with Gasteiger partial charge < -0.3 is 9.47 Å². The van der Waals surface area contributed by atoms with E-state index in [0.29, 0.717) is 22.5 Å². The molecule has 0 amide bonds. The number of methoxy groups -OCH3 is 2. The summed E-state index contributed by atoms with van der Waals surface area (Å²) < 4.78 is 53.2. The third kappa shape index (κ3) is 5.13.